The minimum Gasteiger partial charge on any atom is -0.465 e. The van der Waals surface area contributed by atoms with E-state index in [0.29, 0.717) is 0 Å². The fourth-order valence-corrected chi connectivity index (χ4v) is 2.04. The van der Waals surface area contributed by atoms with E-state index in [-0.39, 0.29) is 17.3 Å². The van der Waals surface area contributed by atoms with Crippen LogP contribution in [0.3, 0.4) is 0 Å². The van der Waals surface area contributed by atoms with Crippen LogP contribution in [-0.4, -0.2) is 24.0 Å². The minimum absolute atomic E-state index is 0.0182. The molecule has 6 nitrogen and oxygen atoms in total. The normalized spacial score (nSPS) is 11.8. The number of carbonyl (C=O) groups excluding carboxylic acids is 1. The van der Waals surface area contributed by atoms with Gasteiger partial charge in [-0.25, -0.2) is 9.18 Å². The summed E-state index contributed by atoms with van der Waals surface area (Å²) in [5.41, 5.74) is -0.589. The summed E-state index contributed by atoms with van der Waals surface area (Å²) in [7, 11) is 1.13. The number of nitro groups is 1. The molecule has 0 spiro atoms. The quantitative estimate of drug-likeness (QED) is 0.473. The highest BCUT2D eigenvalue weighted by atomic mass is 19.1. The average molecular weight is 298 g/mol. The Morgan fingerprint density at radius 1 is 1.48 bits per heavy atom. The van der Waals surface area contributed by atoms with E-state index < -0.39 is 22.4 Å². The summed E-state index contributed by atoms with van der Waals surface area (Å²) in [6.07, 6.45) is 2.48. The number of nitrogens with zero attached hydrogens (tertiary/aromatic N) is 1. The first-order valence-corrected chi connectivity index (χ1v) is 6.77. The van der Waals surface area contributed by atoms with Crippen molar-refractivity contribution in [1.82, 2.24) is 0 Å². The molecule has 0 saturated heterocycles. The molecule has 21 heavy (non-hydrogen) atoms. The maximum Gasteiger partial charge on any atom is 0.340 e. The van der Waals surface area contributed by atoms with Gasteiger partial charge in [-0.3, -0.25) is 10.1 Å². The highest BCUT2D eigenvalue weighted by Gasteiger charge is 2.23. The van der Waals surface area contributed by atoms with E-state index in [1.54, 1.807) is 0 Å². The van der Waals surface area contributed by atoms with Crippen LogP contribution in [-0.2, 0) is 4.74 Å². The van der Waals surface area contributed by atoms with Crippen LogP contribution in [0.5, 0.6) is 0 Å². The largest absolute Gasteiger partial charge is 0.465 e. The van der Waals surface area contributed by atoms with Crippen LogP contribution >= 0.6 is 0 Å². The number of benzene rings is 1. The number of esters is 1. The van der Waals surface area contributed by atoms with Gasteiger partial charge in [-0.15, -0.1) is 0 Å². The molecule has 0 heterocycles. The highest BCUT2D eigenvalue weighted by Crippen LogP contribution is 2.29. The Balaban J connectivity index is 3.25. The third kappa shape index (κ3) is 4.14. The number of hydrogen-bond acceptors (Lipinski definition) is 5. The third-order valence-corrected chi connectivity index (χ3v) is 3.18. The van der Waals surface area contributed by atoms with E-state index in [1.165, 1.54) is 0 Å². The molecule has 0 bridgehead atoms. The molecule has 1 aromatic rings. The molecular formula is C14H19FN2O4. The SMILES string of the molecule is CCCC(CC)Nc1cc(C(=O)OC)c(F)cc1[N+](=O)[O-]. The van der Waals surface area contributed by atoms with Crippen molar-refractivity contribution in [2.45, 2.75) is 39.2 Å². The predicted molar refractivity (Wildman–Crippen MR) is 77.0 cm³/mol. The first-order chi connectivity index (χ1) is 9.94. The molecule has 1 aromatic carbocycles. The Hall–Kier alpha value is -2.18. The van der Waals surface area contributed by atoms with E-state index in [0.717, 1.165) is 38.5 Å². The number of halogens is 1. The maximum atomic E-state index is 13.8. The van der Waals surface area contributed by atoms with E-state index in [4.69, 9.17) is 0 Å². The zero-order valence-corrected chi connectivity index (χ0v) is 12.3. The number of anilines is 1. The van der Waals surface area contributed by atoms with Crippen LogP contribution in [0.1, 0.15) is 43.5 Å². The zero-order chi connectivity index (χ0) is 16.0. The lowest BCUT2D eigenvalue weighted by molar-refractivity contribution is -0.384. The molecule has 0 aliphatic rings. The van der Waals surface area contributed by atoms with Gasteiger partial charge in [0.25, 0.3) is 5.69 Å². The van der Waals surface area contributed by atoms with Crippen molar-refractivity contribution >= 4 is 17.3 Å². The van der Waals surface area contributed by atoms with Crippen molar-refractivity contribution in [2.24, 2.45) is 0 Å². The smallest absolute Gasteiger partial charge is 0.340 e. The van der Waals surface area contributed by atoms with Gasteiger partial charge in [0.2, 0.25) is 0 Å². The molecule has 7 heteroatoms. The Labute approximate surface area is 122 Å². The lowest BCUT2D eigenvalue weighted by Gasteiger charge is -2.18. The van der Waals surface area contributed by atoms with Gasteiger partial charge in [0.15, 0.2) is 0 Å². The second-order valence-electron chi connectivity index (χ2n) is 4.64. The van der Waals surface area contributed by atoms with Crippen molar-refractivity contribution in [3.05, 3.63) is 33.6 Å². The van der Waals surface area contributed by atoms with Crippen molar-refractivity contribution in [3.8, 4) is 0 Å². The molecule has 1 rings (SSSR count). The second kappa shape index (κ2) is 7.56. The lowest BCUT2D eigenvalue weighted by Crippen LogP contribution is -2.19. The molecular weight excluding hydrogens is 279 g/mol. The molecule has 1 N–H and O–H groups in total. The zero-order valence-electron chi connectivity index (χ0n) is 12.3. The Morgan fingerprint density at radius 2 is 2.14 bits per heavy atom. The topological polar surface area (TPSA) is 81.5 Å². The number of methoxy groups -OCH3 is 1. The van der Waals surface area contributed by atoms with Gasteiger partial charge in [0.05, 0.1) is 23.7 Å². The third-order valence-electron chi connectivity index (χ3n) is 3.18. The first-order valence-electron chi connectivity index (χ1n) is 6.77. The highest BCUT2D eigenvalue weighted by molar-refractivity contribution is 5.92. The van der Waals surface area contributed by atoms with Crippen molar-refractivity contribution < 1.29 is 18.8 Å². The number of ether oxygens (including phenoxy) is 1. The van der Waals surface area contributed by atoms with Crippen molar-refractivity contribution in [2.75, 3.05) is 12.4 Å². The van der Waals surface area contributed by atoms with Gasteiger partial charge in [0.1, 0.15) is 11.5 Å². The fourth-order valence-electron chi connectivity index (χ4n) is 2.04. The van der Waals surface area contributed by atoms with E-state index >= 15 is 0 Å². The predicted octanol–water partition coefficient (Wildman–Crippen LogP) is 3.51. The number of carbonyl (C=O) groups is 1. The molecule has 1 unspecified atom stereocenters. The monoisotopic (exact) mass is 298 g/mol. The summed E-state index contributed by atoms with van der Waals surface area (Å²) in [6.45, 7) is 3.95. The van der Waals surface area contributed by atoms with Gasteiger partial charge in [-0.05, 0) is 18.9 Å². The van der Waals surface area contributed by atoms with Gasteiger partial charge < -0.3 is 10.1 Å². The van der Waals surface area contributed by atoms with E-state index in [9.17, 15) is 19.3 Å². The van der Waals surface area contributed by atoms with Gasteiger partial charge in [-0.2, -0.15) is 0 Å². The molecule has 0 saturated carbocycles. The summed E-state index contributed by atoms with van der Waals surface area (Å²) in [5, 5.41) is 14.0. The van der Waals surface area contributed by atoms with Crippen LogP contribution in [0, 0.1) is 15.9 Å². The van der Waals surface area contributed by atoms with Gasteiger partial charge in [-0.1, -0.05) is 20.3 Å². The van der Waals surface area contributed by atoms with Crippen LogP contribution < -0.4 is 5.32 Å². The minimum atomic E-state index is -0.970. The summed E-state index contributed by atoms with van der Waals surface area (Å²) in [4.78, 5) is 21.8. The number of nitrogens with one attached hydrogen (secondary N) is 1. The van der Waals surface area contributed by atoms with Crippen LogP contribution in [0.15, 0.2) is 12.1 Å². The Kier molecular flexibility index (Phi) is 6.08. The van der Waals surface area contributed by atoms with Crippen LogP contribution in [0.2, 0.25) is 0 Å². The van der Waals surface area contributed by atoms with Crippen molar-refractivity contribution in [1.29, 1.82) is 0 Å². The Bertz CT molecular complexity index is 534. The second-order valence-corrected chi connectivity index (χ2v) is 4.64. The van der Waals surface area contributed by atoms with Gasteiger partial charge >= 0.3 is 5.97 Å². The molecule has 0 aliphatic heterocycles. The molecule has 0 amide bonds. The van der Waals surface area contributed by atoms with E-state index in [1.807, 2.05) is 13.8 Å². The first kappa shape index (κ1) is 16.9. The van der Waals surface area contributed by atoms with Gasteiger partial charge in [0, 0.05) is 6.04 Å². The standard InChI is InChI=1S/C14H19FN2O4/c1-4-6-9(5-2)16-12-7-10(14(18)21-3)11(15)8-13(12)17(19)20/h7-9,16H,4-6H2,1-3H3. The summed E-state index contributed by atoms with van der Waals surface area (Å²) in [6, 6.07) is 1.90. The number of rotatable bonds is 7. The summed E-state index contributed by atoms with van der Waals surface area (Å²) < 4.78 is 18.2. The van der Waals surface area contributed by atoms with Crippen LogP contribution in [0.25, 0.3) is 0 Å². The number of hydrogen-bond donors (Lipinski definition) is 1. The van der Waals surface area contributed by atoms with Crippen molar-refractivity contribution in [3.63, 3.8) is 0 Å². The maximum absolute atomic E-state index is 13.8. The van der Waals surface area contributed by atoms with Crippen LogP contribution in [0.4, 0.5) is 15.8 Å². The molecule has 0 radical (unpaired) electrons. The average Bonchev–Trinajstić information content (AvgIpc) is 2.46. The summed E-state index contributed by atoms with van der Waals surface area (Å²) in [5.74, 6) is -1.84. The lowest BCUT2D eigenvalue weighted by atomic mass is 10.1. The molecule has 1 atom stereocenters. The summed E-state index contributed by atoms with van der Waals surface area (Å²) >= 11 is 0. The molecule has 116 valence electrons. The van der Waals surface area contributed by atoms with E-state index in [2.05, 4.69) is 10.1 Å². The molecule has 0 aliphatic carbocycles. The fraction of sp³-hybridized carbons (Fsp3) is 0.500. The molecule has 0 fully saturated rings. The molecule has 0 aromatic heterocycles. The number of nitro benzene ring substituents is 1. The Morgan fingerprint density at radius 3 is 2.62 bits per heavy atom.